The van der Waals surface area contributed by atoms with Gasteiger partial charge in [-0.1, -0.05) is 30.3 Å². The van der Waals surface area contributed by atoms with Crippen molar-refractivity contribution in [1.82, 2.24) is 10.6 Å². The number of hydrogen-bond donors (Lipinski definition) is 3. The van der Waals surface area contributed by atoms with Crippen LogP contribution in [0.2, 0.25) is 0 Å². The zero-order valence-electron chi connectivity index (χ0n) is 15.4. The number of nitrogens with one attached hydrogen (secondary N) is 2. The lowest BCUT2D eigenvalue weighted by molar-refractivity contribution is -0.120. The van der Waals surface area contributed by atoms with Crippen LogP contribution in [0.5, 0.6) is 0 Å². The quantitative estimate of drug-likeness (QED) is 0.609. The lowest BCUT2D eigenvalue weighted by Gasteiger charge is -2.20. The zero-order chi connectivity index (χ0) is 19.6. The van der Waals surface area contributed by atoms with Crippen molar-refractivity contribution in [1.29, 1.82) is 0 Å². The monoisotopic (exact) mass is 365 g/mol. The van der Waals surface area contributed by atoms with Gasteiger partial charge in [0.25, 0.3) is 0 Å². The van der Waals surface area contributed by atoms with Crippen molar-refractivity contribution in [2.45, 2.75) is 51.9 Å². The molecular weight excluding hydrogens is 338 g/mol. The minimum Gasteiger partial charge on any atom is -0.445 e. The molecule has 0 radical (unpaired) electrons. The summed E-state index contributed by atoms with van der Waals surface area (Å²) in [7, 11) is 0. The fourth-order valence-corrected chi connectivity index (χ4v) is 2.00. The maximum Gasteiger partial charge on any atom is 0.408 e. The van der Waals surface area contributed by atoms with Gasteiger partial charge in [-0.05, 0) is 39.2 Å². The van der Waals surface area contributed by atoms with Crippen molar-refractivity contribution in [3.8, 4) is 0 Å². The Labute approximate surface area is 153 Å². The number of hydrogen-bond acceptors (Lipinski definition) is 5. The number of benzene rings is 1. The zero-order valence-corrected chi connectivity index (χ0v) is 15.4. The molecule has 0 spiro atoms. The van der Waals surface area contributed by atoms with Gasteiger partial charge in [0, 0.05) is 6.54 Å². The predicted octanol–water partition coefficient (Wildman–Crippen LogP) is 2.07. The number of nitrogens with two attached hydrogens (primary N) is 1. The van der Waals surface area contributed by atoms with E-state index in [9.17, 15) is 14.4 Å². The number of amides is 3. The molecule has 26 heavy (non-hydrogen) atoms. The lowest BCUT2D eigenvalue weighted by atomic mass is 10.1. The molecule has 0 saturated heterocycles. The number of carbonyl (C=O) groups is 3. The molecule has 1 rings (SSSR count). The molecule has 0 saturated carbocycles. The Morgan fingerprint density at radius 3 is 2.35 bits per heavy atom. The van der Waals surface area contributed by atoms with E-state index in [1.165, 1.54) is 0 Å². The van der Waals surface area contributed by atoms with Crippen molar-refractivity contribution in [2.75, 3.05) is 6.54 Å². The maximum absolute atomic E-state index is 11.8. The van der Waals surface area contributed by atoms with Crippen LogP contribution in [0.15, 0.2) is 30.3 Å². The molecule has 1 aromatic carbocycles. The first-order chi connectivity index (χ1) is 12.2. The third kappa shape index (κ3) is 9.51. The van der Waals surface area contributed by atoms with Crippen molar-refractivity contribution < 1.29 is 23.9 Å². The van der Waals surface area contributed by atoms with Gasteiger partial charge in [0.15, 0.2) is 0 Å². The molecule has 0 aliphatic carbocycles. The van der Waals surface area contributed by atoms with Crippen molar-refractivity contribution in [3.63, 3.8) is 0 Å². The molecule has 1 atom stereocenters. The van der Waals surface area contributed by atoms with Gasteiger partial charge in [0.1, 0.15) is 18.2 Å². The van der Waals surface area contributed by atoms with E-state index in [0.717, 1.165) is 5.56 Å². The first kappa shape index (κ1) is 21.3. The highest BCUT2D eigenvalue weighted by Gasteiger charge is 2.19. The van der Waals surface area contributed by atoms with Crippen molar-refractivity contribution in [3.05, 3.63) is 35.9 Å². The summed E-state index contributed by atoms with van der Waals surface area (Å²) in [5.41, 5.74) is 5.55. The van der Waals surface area contributed by atoms with Crippen molar-refractivity contribution >= 4 is 18.1 Å². The van der Waals surface area contributed by atoms with Gasteiger partial charge in [0.2, 0.25) is 5.91 Å². The highest BCUT2D eigenvalue weighted by Crippen LogP contribution is 2.06. The van der Waals surface area contributed by atoms with Crippen LogP contribution in [0.4, 0.5) is 9.59 Å². The summed E-state index contributed by atoms with van der Waals surface area (Å²) in [6.45, 7) is 5.68. The molecule has 0 fully saturated rings. The summed E-state index contributed by atoms with van der Waals surface area (Å²) in [5, 5.41) is 5.01. The standard InChI is InChI=1S/C18H27N3O5/c1-18(2,3)26-16(23)20-11-7-10-14(15(19)22)21-17(24)25-12-13-8-5-4-6-9-13/h4-6,8-9,14H,7,10-12H2,1-3H3,(H2,19,22)(H,20,23)(H,21,24)/t14-/m0/s1. The van der Waals surface area contributed by atoms with Gasteiger partial charge in [-0.2, -0.15) is 0 Å². The summed E-state index contributed by atoms with van der Waals surface area (Å²) < 4.78 is 10.2. The van der Waals surface area contributed by atoms with Crippen LogP contribution in [-0.2, 0) is 20.9 Å². The molecule has 3 amide bonds. The molecule has 144 valence electrons. The average Bonchev–Trinajstić information content (AvgIpc) is 2.55. The van der Waals surface area contributed by atoms with E-state index in [0.29, 0.717) is 13.0 Å². The minimum absolute atomic E-state index is 0.0956. The number of primary amides is 1. The molecule has 8 nitrogen and oxygen atoms in total. The second kappa shape index (κ2) is 10.3. The number of alkyl carbamates (subject to hydrolysis) is 2. The van der Waals surface area contributed by atoms with Crippen LogP contribution in [0.25, 0.3) is 0 Å². The van der Waals surface area contributed by atoms with Gasteiger partial charge in [-0.15, -0.1) is 0 Å². The fourth-order valence-electron chi connectivity index (χ4n) is 2.00. The van der Waals surface area contributed by atoms with E-state index in [1.807, 2.05) is 30.3 Å². The Morgan fingerprint density at radius 2 is 1.77 bits per heavy atom. The summed E-state index contributed by atoms with van der Waals surface area (Å²) in [4.78, 5) is 34.8. The molecule has 0 heterocycles. The van der Waals surface area contributed by atoms with E-state index in [-0.39, 0.29) is 13.0 Å². The number of ether oxygens (including phenoxy) is 2. The third-order valence-corrected chi connectivity index (χ3v) is 3.19. The molecule has 0 aliphatic heterocycles. The molecule has 0 unspecified atom stereocenters. The SMILES string of the molecule is CC(C)(C)OC(=O)NCCC[C@H](NC(=O)OCc1ccccc1)C(N)=O. The second-order valence-electron chi connectivity index (χ2n) is 6.73. The maximum atomic E-state index is 11.8. The first-order valence-corrected chi connectivity index (χ1v) is 8.41. The van der Waals surface area contributed by atoms with Crippen molar-refractivity contribution in [2.24, 2.45) is 5.73 Å². The van der Waals surface area contributed by atoms with Crippen LogP contribution in [0.3, 0.4) is 0 Å². The highest BCUT2D eigenvalue weighted by atomic mass is 16.6. The Bertz CT molecular complexity index is 599. The van der Waals surface area contributed by atoms with E-state index >= 15 is 0 Å². The third-order valence-electron chi connectivity index (χ3n) is 3.19. The Morgan fingerprint density at radius 1 is 1.12 bits per heavy atom. The minimum atomic E-state index is -0.876. The molecule has 0 aliphatic rings. The van der Waals surface area contributed by atoms with Crippen LogP contribution < -0.4 is 16.4 Å². The number of rotatable bonds is 8. The second-order valence-corrected chi connectivity index (χ2v) is 6.73. The van der Waals surface area contributed by atoms with Gasteiger partial charge >= 0.3 is 12.2 Å². The van der Waals surface area contributed by atoms with E-state index in [4.69, 9.17) is 15.2 Å². The molecular formula is C18H27N3O5. The fraction of sp³-hybridized carbons (Fsp3) is 0.500. The normalized spacial score (nSPS) is 12.0. The largest absolute Gasteiger partial charge is 0.445 e. The van der Waals surface area contributed by atoms with Gasteiger partial charge in [-0.3, -0.25) is 4.79 Å². The Balaban J connectivity index is 2.31. The van der Waals surface area contributed by atoms with Crippen LogP contribution in [0, 0.1) is 0 Å². The summed E-state index contributed by atoms with van der Waals surface area (Å²) in [6, 6.07) is 8.29. The van der Waals surface area contributed by atoms with E-state index in [2.05, 4.69) is 10.6 Å². The summed E-state index contributed by atoms with van der Waals surface area (Å²) in [5.74, 6) is -0.668. The molecule has 4 N–H and O–H groups in total. The summed E-state index contributed by atoms with van der Waals surface area (Å²) >= 11 is 0. The van der Waals surface area contributed by atoms with E-state index in [1.54, 1.807) is 20.8 Å². The predicted molar refractivity (Wildman–Crippen MR) is 96.2 cm³/mol. The smallest absolute Gasteiger partial charge is 0.408 e. The van der Waals surface area contributed by atoms with Crippen LogP contribution >= 0.6 is 0 Å². The number of carbonyl (C=O) groups excluding carboxylic acids is 3. The first-order valence-electron chi connectivity index (χ1n) is 8.41. The van der Waals surface area contributed by atoms with Gasteiger partial charge < -0.3 is 25.8 Å². The lowest BCUT2D eigenvalue weighted by Crippen LogP contribution is -2.45. The van der Waals surface area contributed by atoms with Crippen LogP contribution in [0.1, 0.15) is 39.2 Å². The van der Waals surface area contributed by atoms with Gasteiger partial charge in [0.05, 0.1) is 0 Å². The topological polar surface area (TPSA) is 120 Å². The van der Waals surface area contributed by atoms with Gasteiger partial charge in [-0.25, -0.2) is 9.59 Å². The van der Waals surface area contributed by atoms with Crippen LogP contribution in [-0.4, -0.2) is 36.3 Å². The Hall–Kier alpha value is -2.77. The molecule has 0 bridgehead atoms. The Kier molecular flexibility index (Phi) is 8.41. The highest BCUT2D eigenvalue weighted by molar-refractivity contribution is 5.84. The molecule has 0 aromatic heterocycles. The average molecular weight is 365 g/mol. The molecule has 8 heteroatoms. The van der Waals surface area contributed by atoms with E-state index < -0.39 is 29.7 Å². The summed E-state index contributed by atoms with van der Waals surface area (Å²) in [6.07, 6.45) is -0.557. The molecule has 1 aromatic rings.